The summed E-state index contributed by atoms with van der Waals surface area (Å²) in [5.74, 6) is 1.18. The number of hydrogen-bond donors (Lipinski definition) is 1. The maximum absolute atomic E-state index is 12.4. The van der Waals surface area contributed by atoms with E-state index in [1.807, 2.05) is 45.0 Å². The first kappa shape index (κ1) is 21.9. The lowest BCUT2D eigenvalue weighted by Gasteiger charge is -2.36. The van der Waals surface area contributed by atoms with Gasteiger partial charge in [0, 0.05) is 26.2 Å². The van der Waals surface area contributed by atoms with Gasteiger partial charge in [0.25, 0.3) is 0 Å². The Morgan fingerprint density at radius 2 is 1.50 bits per heavy atom. The number of piperazine rings is 1. The van der Waals surface area contributed by atoms with Crippen LogP contribution in [0.4, 0.5) is 9.59 Å². The van der Waals surface area contributed by atoms with E-state index in [-0.39, 0.29) is 12.1 Å². The minimum absolute atomic E-state index is 0.199. The predicted molar refractivity (Wildman–Crippen MR) is 109 cm³/mol. The molecule has 156 valence electrons. The normalized spacial score (nSPS) is 16.0. The fourth-order valence-corrected chi connectivity index (χ4v) is 2.85. The molecule has 1 saturated heterocycles. The van der Waals surface area contributed by atoms with Gasteiger partial charge in [-0.1, -0.05) is 26.0 Å². The summed E-state index contributed by atoms with van der Waals surface area (Å²) in [4.78, 5) is 27.9. The first-order chi connectivity index (χ1) is 13.0. The third-order valence-corrected chi connectivity index (χ3v) is 4.40. The first-order valence-electron chi connectivity index (χ1n) is 9.85. The van der Waals surface area contributed by atoms with Crippen LogP contribution in [-0.2, 0) is 4.74 Å². The molecule has 2 rings (SSSR count). The Morgan fingerprint density at radius 1 is 0.964 bits per heavy atom. The Balaban J connectivity index is 1.78. The van der Waals surface area contributed by atoms with E-state index in [9.17, 15) is 9.59 Å². The molecule has 0 saturated carbocycles. The zero-order valence-corrected chi connectivity index (χ0v) is 17.8. The van der Waals surface area contributed by atoms with E-state index in [4.69, 9.17) is 9.47 Å². The first-order valence-corrected chi connectivity index (χ1v) is 9.85. The molecule has 1 atom stereocenters. The molecule has 1 aliphatic rings. The molecule has 7 nitrogen and oxygen atoms in total. The summed E-state index contributed by atoms with van der Waals surface area (Å²) in [6, 6.07) is 7.69. The van der Waals surface area contributed by atoms with Crippen LogP contribution in [0, 0.1) is 0 Å². The Hall–Kier alpha value is -2.44. The number of carbonyl (C=O) groups is 2. The molecule has 0 radical (unpaired) electrons. The van der Waals surface area contributed by atoms with Gasteiger partial charge in [0.1, 0.15) is 11.4 Å². The van der Waals surface area contributed by atoms with Crippen LogP contribution in [-0.4, -0.2) is 59.9 Å². The lowest BCUT2D eigenvalue weighted by atomic mass is 10.0. The number of nitrogens with one attached hydrogen (secondary N) is 1. The second-order valence-electron chi connectivity index (χ2n) is 8.39. The molecular formula is C21H33N3O4. The van der Waals surface area contributed by atoms with Crippen molar-refractivity contribution in [2.45, 2.75) is 59.3 Å². The van der Waals surface area contributed by atoms with Gasteiger partial charge in [-0.15, -0.1) is 0 Å². The summed E-state index contributed by atoms with van der Waals surface area (Å²) in [7, 11) is 0. The van der Waals surface area contributed by atoms with Crippen LogP contribution >= 0.6 is 0 Å². The van der Waals surface area contributed by atoms with Crippen LogP contribution in [0.2, 0.25) is 0 Å². The van der Waals surface area contributed by atoms with Crippen molar-refractivity contribution < 1.29 is 19.1 Å². The minimum Gasteiger partial charge on any atom is -0.471 e. The molecule has 1 unspecified atom stereocenters. The highest BCUT2D eigenvalue weighted by Gasteiger charge is 2.28. The molecule has 1 fully saturated rings. The largest absolute Gasteiger partial charge is 0.471 e. The van der Waals surface area contributed by atoms with Crippen molar-refractivity contribution in [3.63, 3.8) is 0 Å². The second kappa shape index (κ2) is 9.17. The number of carbonyl (C=O) groups excluding carboxylic acids is 2. The maximum Gasteiger partial charge on any atom is 0.410 e. The maximum atomic E-state index is 12.4. The summed E-state index contributed by atoms with van der Waals surface area (Å²) in [5, 5.41) is 2.85. The lowest BCUT2D eigenvalue weighted by Crippen LogP contribution is -2.55. The van der Waals surface area contributed by atoms with Gasteiger partial charge in [-0.3, -0.25) is 0 Å². The van der Waals surface area contributed by atoms with E-state index in [1.54, 1.807) is 16.7 Å². The van der Waals surface area contributed by atoms with Gasteiger partial charge in [0.15, 0.2) is 6.23 Å². The third kappa shape index (κ3) is 6.62. The predicted octanol–water partition coefficient (Wildman–Crippen LogP) is 3.80. The number of ether oxygens (including phenoxy) is 2. The van der Waals surface area contributed by atoms with Crippen LogP contribution in [0.3, 0.4) is 0 Å². The highest BCUT2D eigenvalue weighted by atomic mass is 16.6. The van der Waals surface area contributed by atoms with Crippen molar-refractivity contribution in [3.8, 4) is 5.75 Å². The smallest absolute Gasteiger partial charge is 0.410 e. The quantitative estimate of drug-likeness (QED) is 0.793. The molecule has 1 heterocycles. The van der Waals surface area contributed by atoms with Gasteiger partial charge in [-0.2, -0.15) is 0 Å². The molecule has 3 amide bonds. The highest BCUT2D eigenvalue weighted by Crippen LogP contribution is 2.19. The van der Waals surface area contributed by atoms with Gasteiger partial charge in [-0.25, -0.2) is 9.59 Å². The molecule has 1 aliphatic heterocycles. The number of benzene rings is 1. The fourth-order valence-electron chi connectivity index (χ4n) is 2.85. The lowest BCUT2D eigenvalue weighted by molar-refractivity contribution is 0.0165. The Morgan fingerprint density at radius 3 is 2.00 bits per heavy atom. The molecular weight excluding hydrogens is 358 g/mol. The molecule has 0 spiro atoms. The van der Waals surface area contributed by atoms with Crippen molar-refractivity contribution in [3.05, 3.63) is 29.8 Å². The van der Waals surface area contributed by atoms with Gasteiger partial charge < -0.3 is 24.6 Å². The fraction of sp³-hybridized carbons (Fsp3) is 0.619. The topological polar surface area (TPSA) is 71.1 Å². The average Bonchev–Trinajstić information content (AvgIpc) is 2.60. The number of urea groups is 1. The molecule has 0 aliphatic carbocycles. The number of rotatable bonds is 4. The van der Waals surface area contributed by atoms with Gasteiger partial charge in [0.05, 0.1) is 0 Å². The Bertz CT molecular complexity index is 659. The SMILES string of the molecule is CC(NC(=O)N1CCN(C(=O)OC(C)(C)C)CC1)Oc1ccc(C(C)C)cc1. The minimum atomic E-state index is -0.522. The zero-order chi connectivity index (χ0) is 20.9. The summed E-state index contributed by atoms with van der Waals surface area (Å²) >= 11 is 0. The monoisotopic (exact) mass is 391 g/mol. The van der Waals surface area contributed by atoms with Crippen LogP contribution in [0.25, 0.3) is 0 Å². The summed E-state index contributed by atoms with van der Waals surface area (Å²) < 4.78 is 11.2. The van der Waals surface area contributed by atoms with E-state index in [0.29, 0.717) is 37.8 Å². The van der Waals surface area contributed by atoms with Crippen LogP contribution < -0.4 is 10.1 Å². The Labute approximate surface area is 168 Å². The van der Waals surface area contributed by atoms with Gasteiger partial charge >= 0.3 is 12.1 Å². The van der Waals surface area contributed by atoms with E-state index < -0.39 is 11.8 Å². The molecule has 7 heteroatoms. The van der Waals surface area contributed by atoms with E-state index in [2.05, 4.69) is 19.2 Å². The van der Waals surface area contributed by atoms with Crippen molar-refractivity contribution in [2.24, 2.45) is 0 Å². The molecule has 28 heavy (non-hydrogen) atoms. The zero-order valence-electron chi connectivity index (χ0n) is 17.8. The molecule has 1 N–H and O–H groups in total. The average molecular weight is 392 g/mol. The van der Waals surface area contributed by atoms with Gasteiger partial charge in [0.2, 0.25) is 0 Å². The third-order valence-electron chi connectivity index (χ3n) is 4.40. The highest BCUT2D eigenvalue weighted by molar-refractivity contribution is 5.75. The molecule has 1 aromatic rings. The van der Waals surface area contributed by atoms with Crippen LogP contribution in [0.15, 0.2) is 24.3 Å². The van der Waals surface area contributed by atoms with Crippen LogP contribution in [0.1, 0.15) is 53.0 Å². The number of amides is 3. The van der Waals surface area contributed by atoms with Crippen molar-refractivity contribution >= 4 is 12.1 Å². The number of nitrogens with zero attached hydrogens (tertiary/aromatic N) is 2. The van der Waals surface area contributed by atoms with Crippen molar-refractivity contribution in [2.75, 3.05) is 26.2 Å². The number of hydrogen-bond acceptors (Lipinski definition) is 4. The Kier molecular flexibility index (Phi) is 7.16. The molecule has 0 aromatic heterocycles. The summed E-state index contributed by atoms with van der Waals surface area (Å²) in [6.45, 7) is 13.4. The van der Waals surface area contributed by atoms with E-state index in [1.165, 1.54) is 5.56 Å². The van der Waals surface area contributed by atoms with Gasteiger partial charge in [-0.05, 0) is 51.3 Å². The van der Waals surface area contributed by atoms with Crippen molar-refractivity contribution in [1.82, 2.24) is 15.1 Å². The van der Waals surface area contributed by atoms with Crippen LogP contribution in [0.5, 0.6) is 5.75 Å². The standard InChI is InChI=1S/C21H33N3O4/c1-15(2)17-7-9-18(10-8-17)27-16(3)22-19(25)23-11-13-24(14-12-23)20(26)28-21(4,5)6/h7-10,15-16H,11-14H2,1-6H3,(H,22,25). The van der Waals surface area contributed by atoms with E-state index >= 15 is 0 Å². The molecule has 0 bridgehead atoms. The summed E-state index contributed by atoms with van der Waals surface area (Å²) in [6.07, 6.45) is -0.796. The second-order valence-corrected chi connectivity index (χ2v) is 8.39. The summed E-state index contributed by atoms with van der Waals surface area (Å²) in [5.41, 5.74) is 0.720. The van der Waals surface area contributed by atoms with E-state index in [0.717, 1.165) is 0 Å². The molecule has 1 aromatic carbocycles. The van der Waals surface area contributed by atoms with Crippen molar-refractivity contribution in [1.29, 1.82) is 0 Å².